The first kappa shape index (κ1) is 16.8. The molecule has 8 heteroatoms. The van der Waals surface area contributed by atoms with Crippen LogP contribution in [0.3, 0.4) is 0 Å². The monoisotopic (exact) mass is 365 g/mol. The normalized spacial score (nSPS) is 16.8. The average molecular weight is 365 g/mol. The van der Waals surface area contributed by atoms with E-state index in [1.54, 1.807) is 49.5 Å². The van der Waals surface area contributed by atoms with Gasteiger partial charge in [0.2, 0.25) is 0 Å². The summed E-state index contributed by atoms with van der Waals surface area (Å²) in [6, 6.07) is 9.59. The molecule has 2 aromatic carbocycles. The van der Waals surface area contributed by atoms with E-state index in [2.05, 4.69) is 20.8 Å². The average Bonchev–Trinajstić information content (AvgIpc) is 3.09. The Bertz CT molecular complexity index is 1060. The summed E-state index contributed by atoms with van der Waals surface area (Å²) in [4.78, 5) is 26.1. The largest absolute Gasteiger partial charge is 0.334 e. The van der Waals surface area contributed by atoms with Gasteiger partial charge in [-0.15, -0.1) is 0 Å². The zero-order valence-electron chi connectivity index (χ0n) is 14.4. The minimum absolute atomic E-state index is 0.350. The number of rotatable bonds is 2. The molecule has 0 spiro atoms. The third-order valence-corrected chi connectivity index (χ3v) is 4.37. The summed E-state index contributed by atoms with van der Waals surface area (Å²) in [7, 11) is 0. The fraction of sp³-hybridized carbons (Fsp3) is 0.105. The molecule has 0 saturated carbocycles. The number of nitrogens with zero attached hydrogens (tertiary/aromatic N) is 2. The number of fused-ring (bicyclic) bond motifs is 1. The number of hydrogen-bond acceptors (Lipinski definition) is 3. The maximum absolute atomic E-state index is 13.1. The fourth-order valence-electron chi connectivity index (χ4n) is 3.02. The molecule has 0 aliphatic carbocycles. The molecule has 1 aromatic heterocycles. The number of carbonyl (C=O) groups is 2. The highest BCUT2D eigenvalue weighted by Gasteiger charge is 2.30. The number of urea groups is 2. The Kier molecular flexibility index (Phi) is 4.08. The first-order valence-electron chi connectivity index (χ1n) is 8.30. The molecule has 1 atom stereocenters. The standard InChI is InChI=1S/C19H16FN5O2/c1-11-8-17(12-2-4-14(20)5-3-12)23-19(27)25(11)18(26)22-15-6-7-16-13(9-15)10-21-24-16/h2-10,17H,1H3,(H,21,24)(H,22,26)(H,23,27). The number of imide groups is 1. The molecular weight excluding hydrogens is 349 g/mol. The summed E-state index contributed by atoms with van der Waals surface area (Å²) < 4.78 is 13.1. The van der Waals surface area contributed by atoms with Crippen LogP contribution < -0.4 is 10.6 Å². The SMILES string of the molecule is CC1=CC(c2ccc(F)cc2)NC(=O)N1C(=O)Nc1ccc2[nH]ncc2c1. The van der Waals surface area contributed by atoms with E-state index in [0.717, 1.165) is 21.4 Å². The first-order chi connectivity index (χ1) is 13.0. The lowest BCUT2D eigenvalue weighted by atomic mass is 10.0. The van der Waals surface area contributed by atoms with Gasteiger partial charge in [-0.25, -0.2) is 18.9 Å². The number of aromatic nitrogens is 2. The third kappa shape index (κ3) is 3.24. The minimum Gasteiger partial charge on any atom is -0.327 e. The zero-order valence-corrected chi connectivity index (χ0v) is 14.4. The molecule has 136 valence electrons. The number of hydrogen-bond donors (Lipinski definition) is 3. The quantitative estimate of drug-likeness (QED) is 0.643. The Morgan fingerprint density at radius 2 is 2.00 bits per heavy atom. The number of aromatic amines is 1. The van der Waals surface area contributed by atoms with Gasteiger partial charge in [-0.05, 0) is 48.9 Å². The smallest absolute Gasteiger partial charge is 0.327 e. The Morgan fingerprint density at radius 3 is 2.74 bits per heavy atom. The second kappa shape index (κ2) is 6.56. The van der Waals surface area contributed by atoms with Crippen molar-refractivity contribution in [2.45, 2.75) is 13.0 Å². The van der Waals surface area contributed by atoms with Crippen molar-refractivity contribution in [2.24, 2.45) is 0 Å². The third-order valence-electron chi connectivity index (χ3n) is 4.37. The lowest BCUT2D eigenvalue weighted by Crippen LogP contribution is -2.48. The van der Waals surface area contributed by atoms with Crippen LogP contribution in [-0.2, 0) is 0 Å². The van der Waals surface area contributed by atoms with Crippen LogP contribution in [0.1, 0.15) is 18.5 Å². The maximum atomic E-state index is 13.1. The van der Waals surface area contributed by atoms with Crippen LogP contribution in [0.5, 0.6) is 0 Å². The van der Waals surface area contributed by atoms with Crippen LogP contribution in [0.15, 0.2) is 60.4 Å². The summed E-state index contributed by atoms with van der Waals surface area (Å²) in [6.45, 7) is 1.67. The van der Waals surface area contributed by atoms with Gasteiger partial charge in [0, 0.05) is 16.8 Å². The van der Waals surface area contributed by atoms with Crippen molar-refractivity contribution in [3.63, 3.8) is 0 Å². The minimum atomic E-state index is -0.568. The number of allylic oxidation sites excluding steroid dienone is 1. The molecule has 1 unspecified atom stereocenters. The van der Waals surface area contributed by atoms with Crippen molar-refractivity contribution in [3.05, 3.63) is 71.8 Å². The second-order valence-corrected chi connectivity index (χ2v) is 6.22. The molecule has 7 nitrogen and oxygen atoms in total. The predicted molar refractivity (Wildman–Crippen MR) is 98.4 cm³/mol. The van der Waals surface area contributed by atoms with Crippen molar-refractivity contribution < 1.29 is 14.0 Å². The molecule has 3 N–H and O–H groups in total. The van der Waals surface area contributed by atoms with Crippen LogP contribution in [0.4, 0.5) is 19.7 Å². The summed E-state index contributed by atoms with van der Waals surface area (Å²) in [5.41, 5.74) is 2.61. The second-order valence-electron chi connectivity index (χ2n) is 6.22. The summed E-state index contributed by atoms with van der Waals surface area (Å²) >= 11 is 0. The Morgan fingerprint density at radius 1 is 1.22 bits per heavy atom. The Labute approximate surface area is 153 Å². The molecule has 2 heterocycles. The lowest BCUT2D eigenvalue weighted by Gasteiger charge is -2.30. The number of amides is 4. The van der Waals surface area contributed by atoms with Gasteiger partial charge in [0.25, 0.3) is 0 Å². The van der Waals surface area contributed by atoms with Crippen LogP contribution in [0, 0.1) is 5.82 Å². The lowest BCUT2D eigenvalue weighted by molar-refractivity contribution is 0.199. The van der Waals surface area contributed by atoms with Gasteiger partial charge in [-0.2, -0.15) is 5.10 Å². The van der Waals surface area contributed by atoms with Crippen LogP contribution in [0.2, 0.25) is 0 Å². The van der Waals surface area contributed by atoms with E-state index in [1.807, 2.05) is 0 Å². The summed E-state index contributed by atoms with van der Waals surface area (Å²) in [5, 5.41) is 13.1. The molecule has 0 saturated heterocycles. The van der Waals surface area contributed by atoms with E-state index in [9.17, 15) is 14.0 Å². The van der Waals surface area contributed by atoms with E-state index in [0.29, 0.717) is 11.4 Å². The van der Waals surface area contributed by atoms with Crippen molar-refractivity contribution in [1.29, 1.82) is 0 Å². The molecule has 1 aliphatic heterocycles. The molecule has 27 heavy (non-hydrogen) atoms. The topological polar surface area (TPSA) is 90.1 Å². The first-order valence-corrected chi connectivity index (χ1v) is 8.30. The van der Waals surface area contributed by atoms with Crippen LogP contribution >= 0.6 is 0 Å². The highest BCUT2D eigenvalue weighted by atomic mass is 19.1. The number of anilines is 1. The molecule has 0 fully saturated rings. The molecule has 4 amide bonds. The van der Waals surface area contributed by atoms with E-state index < -0.39 is 18.1 Å². The van der Waals surface area contributed by atoms with Gasteiger partial charge in [0.05, 0.1) is 17.8 Å². The fourth-order valence-corrected chi connectivity index (χ4v) is 3.02. The van der Waals surface area contributed by atoms with E-state index >= 15 is 0 Å². The molecule has 0 bridgehead atoms. The van der Waals surface area contributed by atoms with Crippen LogP contribution in [-0.4, -0.2) is 27.2 Å². The van der Waals surface area contributed by atoms with Gasteiger partial charge in [0.1, 0.15) is 5.82 Å². The maximum Gasteiger partial charge on any atom is 0.334 e. The molecule has 4 rings (SSSR count). The number of carbonyl (C=O) groups excluding carboxylic acids is 2. The summed E-state index contributed by atoms with van der Waals surface area (Å²) in [6.07, 6.45) is 3.39. The summed E-state index contributed by atoms with van der Waals surface area (Å²) in [5.74, 6) is -0.350. The van der Waals surface area contributed by atoms with Gasteiger partial charge in [0.15, 0.2) is 0 Å². The number of halogens is 1. The number of nitrogens with one attached hydrogen (secondary N) is 3. The molecule has 0 radical (unpaired) electrons. The van der Waals surface area contributed by atoms with Gasteiger partial charge < -0.3 is 10.6 Å². The van der Waals surface area contributed by atoms with Gasteiger partial charge in [-0.1, -0.05) is 12.1 Å². The van der Waals surface area contributed by atoms with E-state index in [4.69, 9.17) is 0 Å². The van der Waals surface area contributed by atoms with Crippen molar-refractivity contribution in [3.8, 4) is 0 Å². The van der Waals surface area contributed by atoms with Crippen LogP contribution in [0.25, 0.3) is 10.9 Å². The molecule has 3 aromatic rings. The van der Waals surface area contributed by atoms with Crippen molar-refractivity contribution in [1.82, 2.24) is 20.4 Å². The predicted octanol–water partition coefficient (Wildman–Crippen LogP) is 3.90. The number of H-pyrrole nitrogens is 1. The highest BCUT2D eigenvalue weighted by Crippen LogP contribution is 2.24. The highest BCUT2D eigenvalue weighted by molar-refractivity contribution is 6.03. The zero-order chi connectivity index (χ0) is 19.0. The molecule has 1 aliphatic rings. The van der Waals surface area contributed by atoms with Gasteiger partial charge in [-0.3, -0.25) is 5.10 Å². The Balaban J connectivity index is 1.54. The van der Waals surface area contributed by atoms with E-state index in [-0.39, 0.29) is 5.82 Å². The van der Waals surface area contributed by atoms with Gasteiger partial charge >= 0.3 is 12.1 Å². The van der Waals surface area contributed by atoms with E-state index in [1.165, 1.54) is 12.1 Å². The molecular formula is C19H16FN5O2. The number of benzene rings is 2. The van der Waals surface area contributed by atoms with Crippen molar-refractivity contribution in [2.75, 3.05) is 5.32 Å². The van der Waals surface area contributed by atoms with Crippen molar-refractivity contribution >= 4 is 28.7 Å². The Hall–Kier alpha value is -3.68.